The second-order valence-electron chi connectivity index (χ2n) is 8.10. The molecule has 1 N–H and O–H groups in total. The fraction of sp³-hybridized carbons (Fsp3) is 0.476. The van der Waals surface area contributed by atoms with Gasteiger partial charge in [0, 0.05) is 19.3 Å². The number of aromatic carboxylic acids is 1. The Hall–Kier alpha value is -2.83. The lowest BCUT2D eigenvalue weighted by atomic mass is 10.0. The highest BCUT2D eigenvalue weighted by atomic mass is 16.5. The third kappa shape index (κ3) is 3.61. The third-order valence-electron chi connectivity index (χ3n) is 5.81. The van der Waals surface area contributed by atoms with E-state index in [-0.39, 0.29) is 17.8 Å². The normalized spacial score (nSPS) is 23.8. The second-order valence-corrected chi connectivity index (χ2v) is 8.10. The summed E-state index contributed by atoms with van der Waals surface area (Å²) in [5, 5.41) is 12.8. The molecular formula is C21H25N3O4. The summed E-state index contributed by atoms with van der Waals surface area (Å²) in [6.07, 6.45) is 3.45. The number of carbonyl (C=O) groups excluding carboxylic acids is 1. The summed E-state index contributed by atoms with van der Waals surface area (Å²) < 4.78 is 7.35. The summed E-state index contributed by atoms with van der Waals surface area (Å²) in [7, 11) is 0. The van der Waals surface area contributed by atoms with Crippen molar-refractivity contribution in [2.45, 2.75) is 38.7 Å². The number of fused-ring (bicyclic) bond motifs is 1. The number of carboxylic acid groups (broad SMARTS) is 1. The molecule has 3 atom stereocenters. The van der Waals surface area contributed by atoms with Crippen molar-refractivity contribution in [3.05, 3.63) is 47.8 Å². The van der Waals surface area contributed by atoms with Crippen molar-refractivity contribution in [3.63, 3.8) is 0 Å². The van der Waals surface area contributed by atoms with Gasteiger partial charge in [0.25, 0.3) is 0 Å². The van der Waals surface area contributed by atoms with Gasteiger partial charge < -0.3 is 14.7 Å². The van der Waals surface area contributed by atoms with Crippen LogP contribution in [0.5, 0.6) is 5.75 Å². The Kier molecular flexibility index (Phi) is 4.83. The van der Waals surface area contributed by atoms with Gasteiger partial charge in [0.1, 0.15) is 5.75 Å². The molecule has 1 amide bonds. The van der Waals surface area contributed by atoms with Crippen molar-refractivity contribution in [1.29, 1.82) is 0 Å². The fourth-order valence-electron chi connectivity index (χ4n) is 4.33. The Balaban J connectivity index is 1.35. The van der Waals surface area contributed by atoms with Crippen LogP contribution in [-0.2, 0) is 0 Å². The molecule has 1 aliphatic carbocycles. The van der Waals surface area contributed by atoms with Crippen LogP contribution in [0, 0.1) is 11.8 Å². The molecule has 0 spiro atoms. The van der Waals surface area contributed by atoms with E-state index >= 15 is 0 Å². The van der Waals surface area contributed by atoms with Crippen molar-refractivity contribution in [3.8, 4) is 5.75 Å². The molecule has 1 saturated heterocycles. The van der Waals surface area contributed by atoms with Crippen LogP contribution in [0.3, 0.4) is 0 Å². The smallest absolute Gasteiger partial charge is 0.356 e. The van der Waals surface area contributed by atoms with Gasteiger partial charge in [-0.25, -0.2) is 9.59 Å². The molecule has 2 heterocycles. The highest BCUT2D eigenvalue weighted by Crippen LogP contribution is 2.40. The molecule has 0 unspecified atom stereocenters. The van der Waals surface area contributed by atoms with Crippen LogP contribution in [0.15, 0.2) is 36.5 Å². The lowest BCUT2D eigenvalue weighted by Gasteiger charge is -2.20. The van der Waals surface area contributed by atoms with Gasteiger partial charge in [-0.2, -0.15) is 9.78 Å². The first-order valence-electron chi connectivity index (χ1n) is 9.75. The van der Waals surface area contributed by atoms with E-state index < -0.39 is 5.97 Å². The molecule has 28 heavy (non-hydrogen) atoms. The predicted octanol–water partition coefficient (Wildman–Crippen LogP) is 3.46. The number of benzene rings is 1. The van der Waals surface area contributed by atoms with E-state index in [1.165, 1.54) is 17.8 Å². The summed E-state index contributed by atoms with van der Waals surface area (Å²) in [5.41, 5.74) is 1.15. The molecule has 7 heteroatoms. The largest absolute Gasteiger partial charge is 0.490 e. The van der Waals surface area contributed by atoms with Crippen molar-refractivity contribution < 1.29 is 19.4 Å². The average molecular weight is 383 g/mol. The molecule has 2 aromatic rings. The monoisotopic (exact) mass is 383 g/mol. The van der Waals surface area contributed by atoms with Crippen LogP contribution in [0.25, 0.3) is 0 Å². The standard InChI is InChI=1S/C21H25N3O4/c1-13(2)14-4-3-5-17(8-14)28-18-9-15-11-23(12-16(15)10-18)21(27)24-7-6-19(22-24)20(25)26/h3-8,13,15-16,18H,9-12H2,1-2H3,(H,25,26)/t15-,16+,18+. The number of ether oxygens (including phenoxy) is 1. The second kappa shape index (κ2) is 7.30. The zero-order chi connectivity index (χ0) is 19.8. The first kappa shape index (κ1) is 18.5. The number of likely N-dealkylation sites (tertiary alicyclic amines) is 1. The minimum atomic E-state index is -1.13. The molecule has 0 radical (unpaired) electrons. The molecule has 148 valence electrons. The maximum absolute atomic E-state index is 12.6. The van der Waals surface area contributed by atoms with Crippen molar-refractivity contribution >= 4 is 12.0 Å². The van der Waals surface area contributed by atoms with Gasteiger partial charge in [-0.3, -0.25) is 0 Å². The van der Waals surface area contributed by atoms with Gasteiger partial charge in [0.2, 0.25) is 0 Å². The quantitative estimate of drug-likeness (QED) is 0.874. The van der Waals surface area contributed by atoms with Crippen LogP contribution in [0.2, 0.25) is 0 Å². The van der Waals surface area contributed by atoms with Crippen molar-refractivity contribution in [2.24, 2.45) is 11.8 Å². The Labute approximate surface area is 163 Å². The van der Waals surface area contributed by atoms with E-state index in [1.807, 2.05) is 12.1 Å². The minimum absolute atomic E-state index is 0.121. The van der Waals surface area contributed by atoms with Gasteiger partial charge in [0.05, 0.1) is 6.10 Å². The molecule has 1 saturated carbocycles. The average Bonchev–Trinajstić information content (AvgIpc) is 3.36. The van der Waals surface area contributed by atoms with E-state index in [1.54, 1.807) is 4.90 Å². The summed E-state index contributed by atoms with van der Waals surface area (Å²) in [4.78, 5) is 25.3. The van der Waals surface area contributed by atoms with Crippen LogP contribution in [0.1, 0.15) is 48.7 Å². The predicted molar refractivity (Wildman–Crippen MR) is 103 cm³/mol. The van der Waals surface area contributed by atoms with E-state index in [2.05, 4.69) is 31.1 Å². The van der Waals surface area contributed by atoms with E-state index in [9.17, 15) is 9.59 Å². The number of carboxylic acids is 1. The Morgan fingerprint density at radius 3 is 2.50 bits per heavy atom. The van der Waals surface area contributed by atoms with Crippen LogP contribution in [0.4, 0.5) is 4.79 Å². The van der Waals surface area contributed by atoms with Crippen molar-refractivity contribution in [2.75, 3.05) is 13.1 Å². The molecule has 2 aliphatic rings. The SMILES string of the molecule is CC(C)c1cccc(O[C@H]2C[C@@H]3CN(C(=O)n4ccc(C(=O)O)n4)C[C@@H]3C2)c1. The summed E-state index contributed by atoms with van der Waals surface area (Å²) in [5.74, 6) is 1.08. The number of carbonyl (C=O) groups is 2. The Morgan fingerprint density at radius 2 is 1.89 bits per heavy atom. The zero-order valence-electron chi connectivity index (χ0n) is 16.1. The van der Waals surface area contributed by atoms with Gasteiger partial charge in [-0.05, 0) is 54.4 Å². The van der Waals surface area contributed by atoms with Crippen molar-refractivity contribution in [1.82, 2.24) is 14.7 Å². The number of hydrogen-bond donors (Lipinski definition) is 1. The first-order valence-corrected chi connectivity index (χ1v) is 9.75. The number of hydrogen-bond acceptors (Lipinski definition) is 4. The van der Waals surface area contributed by atoms with Crippen LogP contribution < -0.4 is 4.74 Å². The lowest BCUT2D eigenvalue weighted by molar-refractivity contribution is 0.0690. The summed E-state index contributed by atoms with van der Waals surface area (Å²) in [6, 6.07) is 9.36. The molecule has 2 fully saturated rings. The molecule has 1 aliphatic heterocycles. The highest BCUT2D eigenvalue weighted by Gasteiger charge is 2.43. The van der Waals surface area contributed by atoms with Crippen LogP contribution in [-0.4, -0.2) is 51.0 Å². The number of aromatic nitrogens is 2. The van der Waals surface area contributed by atoms with Gasteiger partial charge in [-0.1, -0.05) is 26.0 Å². The van der Waals surface area contributed by atoms with Gasteiger partial charge in [-0.15, -0.1) is 0 Å². The number of rotatable bonds is 4. The van der Waals surface area contributed by atoms with E-state index in [0.29, 0.717) is 30.8 Å². The molecule has 0 bridgehead atoms. The van der Waals surface area contributed by atoms with Crippen LogP contribution >= 0.6 is 0 Å². The Morgan fingerprint density at radius 1 is 1.18 bits per heavy atom. The fourth-order valence-corrected chi connectivity index (χ4v) is 4.33. The number of amides is 1. The van der Waals surface area contributed by atoms with Gasteiger partial charge >= 0.3 is 12.0 Å². The number of nitrogens with zero attached hydrogens (tertiary/aromatic N) is 3. The summed E-state index contributed by atoms with van der Waals surface area (Å²) in [6.45, 7) is 5.67. The Bertz CT molecular complexity index is 877. The maximum atomic E-state index is 12.6. The maximum Gasteiger partial charge on any atom is 0.356 e. The summed E-state index contributed by atoms with van der Waals surface area (Å²) >= 11 is 0. The lowest BCUT2D eigenvalue weighted by Crippen LogP contribution is -2.34. The molecule has 4 rings (SSSR count). The first-order chi connectivity index (χ1) is 13.4. The molecule has 1 aromatic heterocycles. The van der Waals surface area contributed by atoms with E-state index in [4.69, 9.17) is 9.84 Å². The molecular weight excluding hydrogens is 358 g/mol. The minimum Gasteiger partial charge on any atom is -0.490 e. The third-order valence-corrected chi connectivity index (χ3v) is 5.81. The molecule has 7 nitrogen and oxygen atoms in total. The topological polar surface area (TPSA) is 84.7 Å². The van der Waals surface area contributed by atoms with Gasteiger partial charge in [0.15, 0.2) is 5.69 Å². The van der Waals surface area contributed by atoms with E-state index in [0.717, 1.165) is 23.3 Å². The highest BCUT2D eigenvalue weighted by molar-refractivity contribution is 5.86. The zero-order valence-corrected chi connectivity index (χ0v) is 16.1. The molecule has 1 aromatic carbocycles.